The van der Waals surface area contributed by atoms with Gasteiger partial charge in [-0.15, -0.1) is 0 Å². The lowest BCUT2D eigenvalue weighted by atomic mass is 10.2. The zero-order valence-corrected chi connectivity index (χ0v) is 11.8. The molecule has 0 saturated heterocycles. The van der Waals surface area contributed by atoms with Crippen LogP contribution in [0.2, 0.25) is 10.0 Å². The minimum absolute atomic E-state index is 0.363. The number of amides is 1. The summed E-state index contributed by atoms with van der Waals surface area (Å²) in [6.07, 6.45) is 1.42. The molecule has 1 amide bonds. The van der Waals surface area contributed by atoms with E-state index in [2.05, 4.69) is 10.5 Å². The number of rotatable bonds is 3. The summed E-state index contributed by atoms with van der Waals surface area (Å²) in [4.78, 5) is 11.8. The molecular weight excluding hydrogens is 297 g/mol. The van der Waals surface area contributed by atoms with Crippen molar-refractivity contribution in [3.8, 4) is 0 Å². The van der Waals surface area contributed by atoms with E-state index in [9.17, 15) is 4.79 Å². The summed E-state index contributed by atoms with van der Waals surface area (Å²) in [5.41, 5.74) is 9.44. The predicted molar refractivity (Wildman–Crippen MR) is 82.4 cm³/mol. The number of halogens is 2. The average Bonchev–Trinajstić information content (AvgIpc) is 2.44. The summed E-state index contributed by atoms with van der Waals surface area (Å²) in [5, 5.41) is 4.64. The van der Waals surface area contributed by atoms with Crippen molar-refractivity contribution in [2.24, 2.45) is 5.10 Å². The van der Waals surface area contributed by atoms with E-state index in [1.165, 1.54) is 6.21 Å². The number of carbonyl (C=O) groups is 1. The van der Waals surface area contributed by atoms with Gasteiger partial charge in [-0.2, -0.15) is 5.10 Å². The predicted octanol–water partition coefficient (Wildman–Crippen LogP) is 3.34. The highest BCUT2D eigenvalue weighted by atomic mass is 35.5. The average molecular weight is 308 g/mol. The largest absolute Gasteiger partial charge is 0.398 e. The molecule has 0 unspecified atom stereocenters. The molecule has 0 radical (unpaired) electrons. The minimum Gasteiger partial charge on any atom is -0.398 e. The molecule has 2 rings (SSSR count). The van der Waals surface area contributed by atoms with E-state index in [0.717, 1.165) is 0 Å². The van der Waals surface area contributed by atoms with Crippen LogP contribution in [-0.4, -0.2) is 12.1 Å². The number of hydrazone groups is 1. The van der Waals surface area contributed by atoms with E-state index >= 15 is 0 Å². The Kier molecular flexibility index (Phi) is 4.61. The molecule has 102 valence electrons. The van der Waals surface area contributed by atoms with Crippen LogP contribution in [0.5, 0.6) is 0 Å². The van der Waals surface area contributed by atoms with Crippen molar-refractivity contribution in [3.05, 3.63) is 63.6 Å². The summed E-state index contributed by atoms with van der Waals surface area (Å²) in [5.74, 6) is -0.391. The zero-order chi connectivity index (χ0) is 14.5. The fraction of sp³-hybridized carbons (Fsp3) is 0. The molecule has 6 heteroatoms. The summed E-state index contributed by atoms with van der Waals surface area (Å²) in [6, 6.07) is 11.9. The molecule has 20 heavy (non-hydrogen) atoms. The molecule has 3 N–H and O–H groups in total. The van der Waals surface area contributed by atoms with Crippen molar-refractivity contribution < 1.29 is 4.79 Å². The number of carbonyl (C=O) groups excluding carboxylic acids is 1. The molecule has 0 aliphatic carbocycles. The van der Waals surface area contributed by atoms with Gasteiger partial charge in [0.2, 0.25) is 0 Å². The van der Waals surface area contributed by atoms with E-state index in [4.69, 9.17) is 28.9 Å². The lowest BCUT2D eigenvalue weighted by Crippen LogP contribution is -2.19. The first kappa shape index (κ1) is 14.4. The SMILES string of the molecule is Nc1ccccc1C(=O)N/N=C\c1cccc(Cl)c1Cl. The number of benzene rings is 2. The molecule has 4 nitrogen and oxygen atoms in total. The van der Waals surface area contributed by atoms with Crippen LogP contribution < -0.4 is 11.2 Å². The molecule has 0 aliphatic rings. The molecule has 0 aliphatic heterocycles. The Bertz CT molecular complexity index is 671. The second kappa shape index (κ2) is 6.41. The Morgan fingerprint density at radius 3 is 2.65 bits per heavy atom. The van der Waals surface area contributed by atoms with Gasteiger partial charge in [0.05, 0.1) is 21.8 Å². The number of nitrogens with zero attached hydrogens (tertiary/aromatic N) is 1. The Labute approximate surface area is 126 Å². The molecule has 0 aromatic heterocycles. The first-order valence-corrected chi connectivity index (χ1v) is 6.47. The summed E-state index contributed by atoms with van der Waals surface area (Å²) < 4.78 is 0. The molecular formula is C14H11Cl2N3O. The van der Waals surface area contributed by atoms with E-state index < -0.39 is 5.91 Å². The maximum Gasteiger partial charge on any atom is 0.273 e. The molecule has 0 fully saturated rings. The Balaban J connectivity index is 2.09. The van der Waals surface area contributed by atoms with E-state index in [-0.39, 0.29) is 0 Å². The van der Waals surface area contributed by atoms with Gasteiger partial charge in [-0.1, -0.05) is 47.5 Å². The number of anilines is 1. The van der Waals surface area contributed by atoms with Crippen molar-refractivity contribution in [3.63, 3.8) is 0 Å². The maximum atomic E-state index is 11.8. The van der Waals surface area contributed by atoms with Gasteiger partial charge >= 0.3 is 0 Å². The van der Waals surface area contributed by atoms with E-state index in [1.807, 2.05) is 0 Å². The second-order valence-corrected chi connectivity index (χ2v) is 4.71. The number of hydrogen-bond donors (Lipinski definition) is 2. The molecule has 0 spiro atoms. The molecule has 0 atom stereocenters. The third kappa shape index (κ3) is 3.29. The van der Waals surface area contributed by atoms with Crippen LogP contribution in [0.3, 0.4) is 0 Å². The number of nitrogen functional groups attached to an aromatic ring is 1. The third-order valence-corrected chi connectivity index (χ3v) is 3.39. The lowest BCUT2D eigenvalue weighted by Gasteiger charge is -2.03. The van der Waals surface area contributed by atoms with Gasteiger partial charge in [0.1, 0.15) is 0 Å². The number of nitrogens with one attached hydrogen (secondary N) is 1. The van der Waals surface area contributed by atoms with Crippen molar-refractivity contribution >= 4 is 41.0 Å². The van der Waals surface area contributed by atoms with Crippen LogP contribution in [0.25, 0.3) is 0 Å². The summed E-state index contributed by atoms with van der Waals surface area (Å²) in [6.45, 7) is 0. The Hall–Kier alpha value is -2.04. The first-order valence-electron chi connectivity index (χ1n) is 5.71. The van der Waals surface area contributed by atoms with Crippen molar-refractivity contribution in [2.45, 2.75) is 0 Å². The van der Waals surface area contributed by atoms with Gasteiger partial charge < -0.3 is 5.73 Å². The Morgan fingerprint density at radius 1 is 1.15 bits per heavy atom. The number of nitrogens with two attached hydrogens (primary N) is 1. The van der Waals surface area contributed by atoms with Crippen molar-refractivity contribution in [2.75, 3.05) is 5.73 Å². The van der Waals surface area contributed by atoms with Crippen LogP contribution in [0.1, 0.15) is 15.9 Å². The van der Waals surface area contributed by atoms with Crippen LogP contribution in [0.15, 0.2) is 47.6 Å². The highest BCUT2D eigenvalue weighted by Gasteiger charge is 2.07. The smallest absolute Gasteiger partial charge is 0.273 e. The van der Waals surface area contributed by atoms with Crippen LogP contribution in [0.4, 0.5) is 5.69 Å². The van der Waals surface area contributed by atoms with E-state index in [0.29, 0.717) is 26.9 Å². The molecule has 0 heterocycles. The maximum absolute atomic E-state index is 11.8. The Morgan fingerprint density at radius 2 is 1.90 bits per heavy atom. The highest BCUT2D eigenvalue weighted by molar-refractivity contribution is 6.43. The lowest BCUT2D eigenvalue weighted by molar-refractivity contribution is 0.0956. The van der Waals surface area contributed by atoms with Crippen LogP contribution >= 0.6 is 23.2 Å². The minimum atomic E-state index is -0.391. The van der Waals surface area contributed by atoms with E-state index in [1.54, 1.807) is 42.5 Å². The number of para-hydroxylation sites is 1. The summed E-state index contributed by atoms with van der Waals surface area (Å²) in [7, 11) is 0. The quantitative estimate of drug-likeness (QED) is 0.519. The van der Waals surface area contributed by atoms with Gasteiger partial charge in [-0.05, 0) is 18.2 Å². The fourth-order valence-corrected chi connectivity index (χ4v) is 1.90. The van der Waals surface area contributed by atoms with Crippen LogP contribution in [-0.2, 0) is 0 Å². The zero-order valence-electron chi connectivity index (χ0n) is 10.3. The monoisotopic (exact) mass is 307 g/mol. The molecule has 0 bridgehead atoms. The molecule has 0 saturated carbocycles. The van der Waals surface area contributed by atoms with Gasteiger partial charge in [-0.25, -0.2) is 5.43 Å². The number of hydrogen-bond acceptors (Lipinski definition) is 3. The second-order valence-electron chi connectivity index (χ2n) is 3.93. The normalized spacial score (nSPS) is 10.7. The van der Waals surface area contributed by atoms with Gasteiger partial charge in [-0.3, -0.25) is 4.79 Å². The third-order valence-electron chi connectivity index (χ3n) is 2.56. The van der Waals surface area contributed by atoms with Gasteiger partial charge in [0.15, 0.2) is 0 Å². The van der Waals surface area contributed by atoms with Gasteiger partial charge in [0, 0.05) is 11.3 Å². The molecule has 2 aromatic rings. The topological polar surface area (TPSA) is 67.5 Å². The van der Waals surface area contributed by atoms with Gasteiger partial charge in [0.25, 0.3) is 5.91 Å². The standard InChI is InChI=1S/C14H11Cl2N3O/c15-11-6-3-4-9(13(11)16)8-18-19-14(20)10-5-1-2-7-12(10)17/h1-8H,17H2,(H,19,20)/b18-8-. The van der Waals surface area contributed by atoms with Crippen molar-refractivity contribution in [1.29, 1.82) is 0 Å². The first-order chi connectivity index (χ1) is 9.59. The summed E-state index contributed by atoms with van der Waals surface area (Å²) >= 11 is 11.9. The highest BCUT2D eigenvalue weighted by Crippen LogP contribution is 2.24. The fourth-order valence-electron chi connectivity index (χ4n) is 1.54. The van der Waals surface area contributed by atoms with Crippen molar-refractivity contribution in [1.82, 2.24) is 5.43 Å². The molecule has 2 aromatic carbocycles. The van der Waals surface area contributed by atoms with Crippen LogP contribution in [0, 0.1) is 0 Å².